The van der Waals surface area contributed by atoms with E-state index in [-0.39, 0.29) is 23.7 Å². The van der Waals surface area contributed by atoms with Crippen molar-refractivity contribution in [2.24, 2.45) is 11.8 Å². The number of hydrogen-bond acceptors (Lipinski definition) is 2. The fourth-order valence-corrected chi connectivity index (χ4v) is 1.91. The third kappa shape index (κ3) is 3.09. The predicted octanol–water partition coefficient (Wildman–Crippen LogP) is 1.79. The molecule has 0 bridgehead atoms. The Morgan fingerprint density at radius 1 is 1.17 bits per heavy atom. The molecule has 1 aromatic carbocycles. The van der Waals surface area contributed by atoms with E-state index < -0.39 is 0 Å². The van der Waals surface area contributed by atoms with Gasteiger partial charge in [0.05, 0.1) is 11.8 Å². The van der Waals surface area contributed by atoms with Crippen LogP contribution in [0.25, 0.3) is 0 Å². The molecule has 4 heteroatoms. The van der Waals surface area contributed by atoms with Gasteiger partial charge in [0, 0.05) is 12.2 Å². The number of nitrogens with one attached hydrogen (secondary N) is 2. The molecular weight excluding hydrogens is 228 g/mol. The highest BCUT2D eigenvalue weighted by atomic mass is 16.2. The maximum Gasteiger partial charge on any atom is 0.228 e. The molecule has 0 aromatic heterocycles. The zero-order chi connectivity index (χ0) is 13.0. The molecule has 18 heavy (non-hydrogen) atoms. The molecule has 0 saturated heterocycles. The molecule has 2 N–H and O–H groups in total. The van der Waals surface area contributed by atoms with Crippen molar-refractivity contribution in [3.8, 4) is 0 Å². The molecule has 2 atom stereocenters. The standard InChI is InChI=1S/C14H18N2O2/c1-2-8-15-13(17)11-9-12(11)14(18)16-10-6-4-3-5-7-10/h3-7,11-12H,2,8-9H2,1H3,(H,15,17)(H,16,18). The second-order valence-corrected chi connectivity index (χ2v) is 4.59. The topological polar surface area (TPSA) is 58.2 Å². The summed E-state index contributed by atoms with van der Waals surface area (Å²) < 4.78 is 0. The first kappa shape index (κ1) is 12.6. The van der Waals surface area contributed by atoms with E-state index in [4.69, 9.17) is 0 Å². The van der Waals surface area contributed by atoms with E-state index in [9.17, 15) is 9.59 Å². The van der Waals surface area contributed by atoms with Gasteiger partial charge >= 0.3 is 0 Å². The molecule has 1 aromatic rings. The van der Waals surface area contributed by atoms with Crippen molar-refractivity contribution in [3.05, 3.63) is 30.3 Å². The quantitative estimate of drug-likeness (QED) is 0.832. The smallest absolute Gasteiger partial charge is 0.228 e. The summed E-state index contributed by atoms with van der Waals surface area (Å²) in [5, 5.41) is 5.65. The zero-order valence-electron chi connectivity index (χ0n) is 10.5. The second-order valence-electron chi connectivity index (χ2n) is 4.59. The van der Waals surface area contributed by atoms with Gasteiger partial charge < -0.3 is 10.6 Å². The van der Waals surface area contributed by atoms with Crippen molar-refractivity contribution in [1.82, 2.24) is 5.32 Å². The Bertz CT molecular complexity index is 431. The van der Waals surface area contributed by atoms with Crippen LogP contribution in [0.1, 0.15) is 19.8 Å². The molecule has 2 unspecified atom stereocenters. The van der Waals surface area contributed by atoms with Crippen LogP contribution in [0.2, 0.25) is 0 Å². The van der Waals surface area contributed by atoms with Crippen molar-refractivity contribution in [3.63, 3.8) is 0 Å². The molecule has 1 aliphatic rings. The van der Waals surface area contributed by atoms with E-state index in [1.54, 1.807) is 0 Å². The Balaban J connectivity index is 1.81. The van der Waals surface area contributed by atoms with Crippen LogP contribution < -0.4 is 10.6 Å². The maximum atomic E-state index is 11.9. The van der Waals surface area contributed by atoms with Crippen LogP contribution in [0.5, 0.6) is 0 Å². The largest absolute Gasteiger partial charge is 0.356 e. The molecule has 0 aliphatic heterocycles. The Morgan fingerprint density at radius 2 is 1.83 bits per heavy atom. The SMILES string of the molecule is CCCNC(=O)C1CC1C(=O)Nc1ccccc1. The monoisotopic (exact) mass is 246 g/mol. The summed E-state index contributed by atoms with van der Waals surface area (Å²) in [6.45, 7) is 2.69. The molecular formula is C14H18N2O2. The summed E-state index contributed by atoms with van der Waals surface area (Å²) in [6.07, 6.45) is 1.58. The third-order valence-electron chi connectivity index (χ3n) is 3.05. The lowest BCUT2D eigenvalue weighted by Gasteiger charge is -2.05. The van der Waals surface area contributed by atoms with Crippen LogP contribution in [0.15, 0.2) is 30.3 Å². The first-order chi connectivity index (χ1) is 8.72. The molecule has 96 valence electrons. The minimum absolute atomic E-state index is 0.00469. The number of carbonyl (C=O) groups is 2. The van der Waals surface area contributed by atoms with Crippen LogP contribution in [0, 0.1) is 11.8 Å². The van der Waals surface area contributed by atoms with E-state index in [1.165, 1.54) is 0 Å². The summed E-state index contributed by atoms with van der Waals surface area (Å²) in [5.41, 5.74) is 0.780. The van der Waals surface area contributed by atoms with Gasteiger partial charge in [0.15, 0.2) is 0 Å². The Morgan fingerprint density at radius 3 is 2.50 bits per heavy atom. The molecule has 0 radical (unpaired) electrons. The molecule has 1 fully saturated rings. The van der Waals surface area contributed by atoms with Crippen molar-refractivity contribution in [2.75, 3.05) is 11.9 Å². The molecule has 1 saturated carbocycles. The highest BCUT2D eigenvalue weighted by molar-refractivity contribution is 5.99. The molecule has 2 rings (SSSR count). The molecule has 4 nitrogen and oxygen atoms in total. The van der Waals surface area contributed by atoms with E-state index >= 15 is 0 Å². The summed E-state index contributed by atoms with van der Waals surface area (Å²) >= 11 is 0. The molecule has 0 spiro atoms. The number of rotatable bonds is 5. The third-order valence-corrected chi connectivity index (χ3v) is 3.05. The predicted molar refractivity (Wildman–Crippen MR) is 70.0 cm³/mol. The lowest BCUT2D eigenvalue weighted by atomic mass is 10.2. The fraction of sp³-hybridized carbons (Fsp3) is 0.429. The number of anilines is 1. The van der Waals surface area contributed by atoms with Gasteiger partial charge in [0.25, 0.3) is 0 Å². The number of carbonyl (C=O) groups excluding carboxylic acids is 2. The van der Waals surface area contributed by atoms with Gasteiger partial charge in [-0.05, 0) is 25.0 Å². The van der Waals surface area contributed by atoms with Crippen molar-refractivity contribution < 1.29 is 9.59 Å². The van der Waals surface area contributed by atoms with Crippen LogP contribution in [-0.4, -0.2) is 18.4 Å². The van der Waals surface area contributed by atoms with Gasteiger partial charge in [-0.1, -0.05) is 25.1 Å². The molecule has 0 heterocycles. The normalized spacial score (nSPS) is 21.2. The van der Waals surface area contributed by atoms with Gasteiger partial charge in [-0.15, -0.1) is 0 Å². The zero-order valence-corrected chi connectivity index (χ0v) is 10.5. The highest BCUT2D eigenvalue weighted by Crippen LogP contribution is 2.39. The lowest BCUT2D eigenvalue weighted by Crippen LogP contribution is -2.27. The maximum absolute atomic E-state index is 11.9. The van der Waals surface area contributed by atoms with E-state index in [0.717, 1.165) is 12.1 Å². The van der Waals surface area contributed by atoms with Crippen LogP contribution >= 0.6 is 0 Å². The molecule has 2 amide bonds. The summed E-state index contributed by atoms with van der Waals surface area (Å²) in [6, 6.07) is 9.31. The first-order valence-corrected chi connectivity index (χ1v) is 6.36. The summed E-state index contributed by atoms with van der Waals surface area (Å²) in [5.74, 6) is -0.356. The van der Waals surface area contributed by atoms with E-state index in [2.05, 4.69) is 10.6 Å². The Hall–Kier alpha value is -1.84. The fourth-order valence-electron chi connectivity index (χ4n) is 1.91. The van der Waals surface area contributed by atoms with Crippen molar-refractivity contribution in [1.29, 1.82) is 0 Å². The minimum atomic E-state index is -0.165. The average Bonchev–Trinajstić information content (AvgIpc) is 3.17. The number of hydrogen-bond donors (Lipinski definition) is 2. The van der Waals surface area contributed by atoms with Crippen molar-refractivity contribution in [2.45, 2.75) is 19.8 Å². The summed E-state index contributed by atoms with van der Waals surface area (Å²) in [4.78, 5) is 23.5. The van der Waals surface area contributed by atoms with Crippen molar-refractivity contribution >= 4 is 17.5 Å². The van der Waals surface area contributed by atoms with Gasteiger partial charge in [-0.3, -0.25) is 9.59 Å². The summed E-state index contributed by atoms with van der Waals surface area (Å²) in [7, 11) is 0. The first-order valence-electron chi connectivity index (χ1n) is 6.36. The van der Waals surface area contributed by atoms with Gasteiger partial charge in [0.1, 0.15) is 0 Å². The van der Waals surface area contributed by atoms with Gasteiger partial charge in [-0.2, -0.15) is 0 Å². The minimum Gasteiger partial charge on any atom is -0.356 e. The second kappa shape index (κ2) is 5.67. The van der Waals surface area contributed by atoms with Crippen LogP contribution in [0.4, 0.5) is 5.69 Å². The van der Waals surface area contributed by atoms with E-state index in [0.29, 0.717) is 13.0 Å². The number of para-hydroxylation sites is 1. The van der Waals surface area contributed by atoms with Gasteiger partial charge in [0.2, 0.25) is 11.8 Å². The van der Waals surface area contributed by atoms with Gasteiger partial charge in [-0.25, -0.2) is 0 Å². The highest BCUT2D eigenvalue weighted by Gasteiger charge is 2.47. The van der Waals surface area contributed by atoms with Crippen LogP contribution in [-0.2, 0) is 9.59 Å². The number of amides is 2. The van der Waals surface area contributed by atoms with E-state index in [1.807, 2.05) is 37.3 Å². The lowest BCUT2D eigenvalue weighted by molar-refractivity contribution is -0.125. The number of benzene rings is 1. The Kier molecular flexibility index (Phi) is 3.97. The Labute approximate surface area is 107 Å². The molecule has 1 aliphatic carbocycles. The van der Waals surface area contributed by atoms with Crippen LogP contribution in [0.3, 0.4) is 0 Å². The average molecular weight is 246 g/mol.